The van der Waals surface area contributed by atoms with Gasteiger partial charge in [-0.15, -0.1) is 0 Å². The normalized spacial score (nSPS) is 21.0. The lowest BCUT2D eigenvalue weighted by molar-refractivity contribution is 0.211. The third-order valence-electron chi connectivity index (χ3n) is 6.22. The highest BCUT2D eigenvalue weighted by Gasteiger charge is 2.35. The van der Waals surface area contributed by atoms with Crippen LogP contribution in [0.5, 0.6) is 5.75 Å². The van der Waals surface area contributed by atoms with Gasteiger partial charge in [-0.1, -0.05) is 35.3 Å². The maximum atomic E-state index is 15.4. The molecule has 2 atom stereocenters. The second-order valence-corrected chi connectivity index (χ2v) is 9.09. The second kappa shape index (κ2) is 8.71. The number of nitrogens with one attached hydrogen (secondary N) is 1. The first kappa shape index (κ1) is 20.8. The maximum absolute atomic E-state index is 15.4. The first-order valence-electron chi connectivity index (χ1n) is 10.3. The van der Waals surface area contributed by atoms with Crippen molar-refractivity contribution < 1.29 is 9.13 Å². The van der Waals surface area contributed by atoms with Crippen molar-refractivity contribution in [2.24, 2.45) is 11.8 Å². The van der Waals surface area contributed by atoms with E-state index >= 15 is 4.39 Å². The predicted molar refractivity (Wildman–Crippen MR) is 118 cm³/mol. The molecule has 2 saturated heterocycles. The van der Waals surface area contributed by atoms with Crippen LogP contribution in [-0.2, 0) is 0 Å². The van der Waals surface area contributed by atoms with E-state index in [4.69, 9.17) is 27.9 Å². The number of anilines is 1. The van der Waals surface area contributed by atoms with Gasteiger partial charge in [0.2, 0.25) is 0 Å². The average Bonchev–Trinajstić information content (AvgIpc) is 2.66. The number of benzene rings is 2. The third kappa shape index (κ3) is 4.35. The quantitative estimate of drug-likeness (QED) is 0.620. The first-order chi connectivity index (χ1) is 13.9. The van der Waals surface area contributed by atoms with Crippen molar-refractivity contribution in [3.05, 3.63) is 57.3 Å². The largest absolute Gasteiger partial charge is 0.483 e. The molecule has 6 heteroatoms. The molecule has 0 bridgehead atoms. The van der Waals surface area contributed by atoms with Crippen LogP contribution in [0.3, 0.4) is 0 Å². The van der Waals surface area contributed by atoms with Gasteiger partial charge in [0.25, 0.3) is 0 Å². The molecule has 0 aliphatic carbocycles. The van der Waals surface area contributed by atoms with Crippen LogP contribution in [0.2, 0.25) is 10.0 Å². The van der Waals surface area contributed by atoms with Gasteiger partial charge in [0, 0.05) is 28.7 Å². The zero-order chi connectivity index (χ0) is 20.5. The lowest BCUT2D eigenvalue weighted by Gasteiger charge is -2.46. The standard InChI is InChI=1S/C23H27Cl2FN2O/c1-14-5-8-21(28-12-17(13-28)16-4-3-9-27-11-16)22(26)23(14)29-15(2)19-7-6-18(24)10-20(19)25/h5-8,10,15-17,27H,3-4,9,11-13H2,1-2H3. The SMILES string of the molecule is Cc1ccc(N2CC(C3CCCNC3)C2)c(F)c1OC(C)c1ccc(Cl)cc1Cl. The molecular weight excluding hydrogens is 410 g/mol. The highest BCUT2D eigenvalue weighted by Crippen LogP contribution is 2.39. The minimum atomic E-state index is -0.388. The molecule has 0 aromatic heterocycles. The molecule has 0 radical (unpaired) electrons. The van der Waals surface area contributed by atoms with Gasteiger partial charge in [-0.05, 0) is 75.4 Å². The van der Waals surface area contributed by atoms with Gasteiger partial charge in [0.1, 0.15) is 6.10 Å². The van der Waals surface area contributed by atoms with Crippen LogP contribution in [0.1, 0.15) is 37.0 Å². The Bertz CT molecular complexity index is 879. The molecule has 29 heavy (non-hydrogen) atoms. The highest BCUT2D eigenvalue weighted by molar-refractivity contribution is 6.35. The van der Waals surface area contributed by atoms with Crippen molar-refractivity contribution in [2.75, 3.05) is 31.1 Å². The summed E-state index contributed by atoms with van der Waals surface area (Å²) in [5.41, 5.74) is 2.19. The number of ether oxygens (including phenoxy) is 1. The summed E-state index contributed by atoms with van der Waals surface area (Å²) in [6.07, 6.45) is 2.12. The predicted octanol–water partition coefficient (Wildman–Crippen LogP) is 6.02. The average molecular weight is 437 g/mol. The molecule has 2 heterocycles. The lowest BCUT2D eigenvalue weighted by Crippen LogP contribution is -2.53. The summed E-state index contributed by atoms with van der Waals surface area (Å²) >= 11 is 12.3. The zero-order valence-electron chi connectivity index (χ0n) is 16.9. The van der Waals surface area contributed by atoms with Gasteiger partial charge in [-0.2, -0.15) is 0 Å². The fourth-order valence-corrected chi connectivity index (χ4v) is 4.95. The van der Waals surface area contributed by atoms with Crippen molar-refractivity contribution in [1.29, 1.82) is 0 Å². The molecule has 2 aliphatic heterocycles. The molecule has 2 unspecified atom stereocenters. The minimum absolute atomic E-state index is 0.290. The summed E-state index contributed by atoms with van der Waals surface area (Å²) in [6.45, 7) is 7.76. The summed E-state index contributed by atoms with van der Waals surface area (Å²) in [5, 5.41) is 4.56. The third-order valence-corrected chi connectivity index (χ3v) is 6.78. The van der Waals surface area contributed by atoms with Gasteiger partial charge in [0.15, 0.2) is 11.6 Å². The van der Waals surface area contributed by atoms with Crippen LogP contribution in [0.15, 0.2) is 30.3 Å². The Kier molecular flexibility index (Phi) is 6.24. The van der Waals surface area contributed by atoms with E-state index in [2.05, 4.69) is 10.2 Å². The van der Waals surface area contributed by atoms with Crippen LogP contribution in [0, 0.1) is 24.6 Å². The fraction of sp³-hybridized carbons (Fsp3) is 0.478. The van der Waals surface area contributed by atoms with E-state index < -0.39 is 0 Å². The number of halogens is 3. The van der Waals surface area contributed by atoms with Crippen molar-refractivity contribution >= 4 is 28.9 Å². The Hall–Kier alpha value is -1.49. The molecule has 2 aromatic rings. The molecular formula is C23H27Cl2FN2O. The zero-order valence-corrected chi connectivity index (χ0v) is 18.4. The Morgan fingerprint density at radius 2 is 1.97 bits per heavy atom. The molecule has 4 rings (SSSR count). The van der Waals surface area contributed by atoms with E-state index in [-0.39, 0.29) is 11.9 Å². The van der Waals surface area contributed by atoms with Crippen molar-refractivity contribution in [1.82, 2.24) is 5.32 Å². The number of hydrogen-bond donors (Lipinski definition) is 1. The van der Waals surface area contributed by atoms with E-state index in [1.165, 1.54) is 12.8 Å². The van der Waals surface area contributed by atoms with Gasteiger partial charge >= 0.3 is 0 Å². The maximum Gasteiger partial charge on any atom is 0.188 e. The van der Waals surface area contributed by atoms with Crippen molar-refractivity contribution in [3.63, 3.8) is 0 Å². The van der Waals surface area contributed by atoms with E-state index in [0.717, 1.165) is 37.3 Å². The van der Waals surface area contributed by atoms with E-state index in [1.54, 1.807) is 12.1 Å². The van der Waals surface area contributed by atoms with Gasteiger partial charge in [0.05, 0.1) is 5.69 Å². The number of hydrogen-bond acceptors (Lipinski definition) is 3. The number of rotatable bonds is 5. The van der Waals surface area contributed by atoms with Crippen molar-refractivity contribution in [3.8, 4) is 5.75 Å². The van der Waals surface area contributed by atoms with E-state index in [0.29, 0.717) is 33.3 Å². The summed E-state index contributed by atoms with van der Waals surface area (Å²) in [5.74, 6) is 1.35. The number of piperidine rings is 1. The Morgan fingerprint density at radius 3 is 2.66 bits per heavy atom. The molecule has 156 valence electrons. The van der Waals surface area contributed by atoms with Crippen LogP contribution < -0.4 is 15.0 Å². The van der Waals surface area contributed by atoms with Gasteiger partial charge in [-0.25, -0.2) is 4.39 Å². The Morgan fingerprint density at radius 1 is 1.17 bits per heavy atom. The number of nitrogens with zero attached hydrogens (tertiary/aromatic N) is 1. The van der Waals surface area contributed by atoms with Crippen LogP contribution in [0.25, 0.3) is 0 Å². The summed E-state index contributed by atoms with van der Waals surface area (Å²) in [4.78, 5) is 2.13. The summed E-state index contributed by atoms with van der Waals surface area (Å²) in [6, 6.07) is 9.07. The Balaban J connectivity index is 1.48. The lowest BCUT2D eigenvalue weighted by atomic mass is 9.81. The topological polar surface area (TPSA) is 24.5 Å². The van der Waals surface area contributed by atoms with Crippen molar-refractivity contribution in [2.45, 2.75) is 32.8 Å². The second-order valence-electron chi connectivity index (χ2n) is 8.24. The molecule has 1 N–H and O–H groups in total. The summed E-state index contributed by atoms with van der Waals surface area (Å²) in [7, 11) is 0. The molecule has 0 saturated carbocycles. The molecule has 2 fully saturated rings. The minimum Gasteiger partial charge on any atom is -0.483 e. The summed E-state index contributed by atoms with van der Waals surface area (Å²) < 4.78 is 21.4. The highest BCUT2D eigenvalue weighted by atomic mass is 35.5. The Labute approximate surface area is 182 Å². The first-order valence-corrected chi connectivity index (χ1v) is 11.1. The molecule has 0 amide bonds. The van der Waals surface area contributed by atoms with Crippen LogP contribution in [0.4, 0.5) is 10.1 Å². The molecule has 3 nitrogen and oxygen atoms in total. The van der Waals surface area contributed by atoms with Crippen LogP contribution >= 0.6 is 23.2 Å². The molecule has 2 aliphatic rings. The number of aryl methyl sites for hydroxylation is 1. The van der Waals surface area contributed by atoms with Crippen LogP contribution in [-0.4, -0.2) is 26.2 Å². The van der Waals surface area contributed by atoms with Gasteiger partial charge < -0.3 is 15.0 Å². The van der Waals surface area contributed by atoms with Gasteiger partial charge in [-0.3, -0.25) is 0 Å². The smallest absolute Gasteiger partial charge is 0.188 e. The van der Waals surface area contributed by atoms with E-state index in [1.807, 2.05) is 32.0 Å². The van der Waals surface area contributed by atoms with E-state index in [9.17, 15) is 0 Å². The molecule has 2 aromatic carbocycles. The fourth-order valence-electron chi connectivity index (χ4n) is 4.39. The monoisotopic (exact) mass is 436 g/mol. The molecule has 0 spiro atoms.